The fourth-order valence-electron chi connectivity index (χ4n) is 1.51. The maximum absolute atomic E-state index is 11.8. The molecule has 96 valence electrons. The maximum Gasteiger partial charge on any atom is 0.310 e. The summed E-state index contributed by atoms with van der Waals surface area (Å²) in [5, 5.41) is 0. The van der Waals surface area contributed by atoms with E-state index in [2.05, 4.69) is 0 Å². The van der Waals surface area contributed by atoms with E-state index in [0.717, 1.165) is 0 Å². The largest absolute Gasteiger partial charge is 0.460 e. The smallest absolute Gasteiger partial charge is 0.310 e. The summed E-state index contributed by atoms with van der Waals surface area (Å²) < 4.78 is 10.3. The van der Waals surface area contributed by atoms with Crippen molar-refractivity contribution in [2.45, 2.75) is 39.7 Å². The van der Waals surface area contributed by atoms with Gasteiger partial charge < -0.3 is 15.2 Å². The molecular weight excluding hydrogens is 206 g/mol. The molecule has 0 aromatic heterocycles. The Morgan fingerprint density at radius 1 is 1.38 bits per heavy atom. The Morgan fingerprint density at radius 2 is 1.94 bits per heavy atom. The van der Waals surface area contributed by atoms with Gasteiger partial charge in [-0.2, -0.15) is 0 Å². The molecule has 0 fully saturated rings. The van der Waals surface area contributed by atoms with E-state index in [0.29, 0.717) is 25.5 Å². The first-order chi connectivity index (χ1) is 7.30. The van der Waals surface area contributed by atoms with Crippen LogP contribution in [0.15, 0.2) is 0 Å². The van der Waals surface area contributed by atoms with Gasteiger partial charge >= 0.3 is 5.97 Å². The fraction of sp³-hybridized carbons (Fsp3) is 0.917. The Hall–Kier alpha value is -0.610. The number of hydrogen-bond acceptors (Lipinski definition) is 4. The molecule has 2 atom stereocenters. The molecule has 0 saturated carbocycles. The highest BCUT2D eigenvalue weighted by Crippen LogP contribution is 2.17. The van der Waals surface area contributed by atoms with Gasteiger partial charge in [-0.1, -0.05) is 6.92 Å². The van der Waals surface area contributed by atoms with Gasteiger partial charge in [-0.05, 0) is 33.1 Å². The van der Waals surface area contributed by atoms with Crippen LogP contribution in [0.1, 0.15) is 34.1 Å². The van der Waals surface area contributed by atoms with Crippen LogP contribution in [0.4, 0.5) is 0 Å². The molecule has 0 rings (SSSR count). The third-order valence-corrected chi connectivity index (χ3v) is 2.16. The zero-order valence-electron chi connectivity index (χ0n) is 11.1. The number of esters is 1. The first-order valence-corrected chi connectivity index (χ1v) is 5.72. The summed E-state index contributed by atoms with van der Waals surface area (Å²) in [6, 6.07) is 0. The van der Waals surface area contributed by atoms with Gasteiger partial charge in [0, 0.05) is 20.3 Å². The van der Waals surface area contributed by atoms with Crippen LogP contribution in [0.3, 0.4) is 0 Å². The number of methoxy groups -OCH3 is 1. The summed E-state index contributed by atoms with van der Waals surface area (Å²) in [6.07, 6.45) is 0.708. The third-order valence-electron chi connectivity index (χ3n) is 2.16. The van der Waals surface area contributed by atoms with E-state index in [4.69, 9.17) is 15.2 Å². The van der Waals surface area contributed by atoms with Gasteiger partial charge in [0.2, 0.25) is 0 Å². The molecule has 2 unspecified atom stereocenters. The highest BCUT2D eigenvalue weighted by Gasteiger charge is 2.25. The van der Waals surface area contributed by atoms with E-state index in [1.54, 1.807) is 7.11 Å². The van der Waals surface area contributed by atoms with E-state index in [1.165, 1.54) is 0 Å². The minimum Gasteiger partial charge on any atom is -0.460 e. The van der Waals surface area contributed by atoms with Crippen LogP contribution in [0, 0.1) is 11.8 Å². The number of nitrogens with two attached hydrogens (primary N) is 1. The van der Waals surface area contributed by atoms with Crippen molar-refractivity contribution in [3.63, 3.8) is 0 Å². The van der Waals surface area contributed by atoms with Crippen molar-refractivity contribution in [3.05, 3.63) is 0 Å². The Labute approximate surface area is 98.5 Å². The average Bonchev–Trinajstić information content (AvgIpc) is 2.11. The summed E-state index contributed by atoms with van der Waals surface area (Å²) in [5.41, 5.74) is 5.15. The van der Waals surface area contributed by atoms with Crippen LogP contribution >= 0.6 is 0 Å². The lowest BCUT2D eigenvalue weighted by Crippen LogP contribution is -2.33. The highest BCUT2D eigenvalue weighted by molar-refractivity contribution is 5.73. The Kier molecular flexibility index (Phi) is 6.60. The normalized spacial score (nSPS) is 15.6. The number of carbonyl (C=O) groups is 1. The third kappa shape index (κ3) is 6.80. The first-order valence-electron chi connectivity index (χ1n) is 5.72. The van der Waals surface area contributed by atoms with Crippen molar-refractivity contribution < 1.29 is 14.3 Å². The van der Waals surface area contributed by atoms with Crippen molar-refractivity contribution in [1.82, 2.24) is 0 Å². The van der Waals surface area contributed by atoms with Crippen LogP contribution in [0.25, 0.3) is 0 Å². The van der Waals surface area contributed by atoms with E-state index < -0.39 is 5.60 Å². The molecule has 0 aliphatic heterocycles. The van der Waals surface area contributed by atoms with Crippen LogP contribution in [0.5, 0.6) is 0 Å². The lowest BCUT2D eigenvalue weighted by Gasteiger charge is -2.24. The van der Waals surface area contributed by atoms with E-state index in [9.17, 15) is 4.79 Å². The predicted octanol–water partition coefficient (Wildman–Crippen LogP) is 1.58. The predicted molar refractivity (Wildman–Crippen MR) is 64.0 cm³/mol. The summed E-state index contributed by atoms with van der Waals surface area (Å²) in [4.78, 5) is 11.8. The average molecular weight is 231 g/mol. The van der Waals surface area contributed by atoms with Crippen LogP contribution in [0.2, 0.25) is 0 Å². The lowest BCUT2D eigenvalue weighted by molar-refractivity contribution is -0.160. The molecule has 0 saturated heterocycles. The van der Waals surface area contributed by atoms with Gasteiger partial charge in [0.1, 0.15) is 5.60 Å². The Balaban J connectivity index is 4.22. The van der Waals surface area contributed by atoms with Gasteiger partial charge in [0.05, 0.1) is 5.92 Å². The highest BCUT2D eigenvalue weighted by atomic mass is 16.6. The second-order valence-corrected chi connectivity index (χ2v) is 5.26. The van der Waals surface area contributed by atoms with Crippen molar-refractivity contribution in [3.8, 4) is 0 Å². The van der Waals surface area contributed by atoms with Crippen molar-refractivity contribution >= 4 is 5.97 Å². The number of rotatable bonds is 6. The van der Waals surface area contributed by atoms with Crippen molar-refractivity contribution in [2.75, 3.05) is 20.3 Å². The van der Waals surface area contributed by atoms with Gasteiger partial charge in [0.25, 0.3) is 0 Å². The van der Waals surface area contributed by atoms with Gasteiger partial charge in [-0.15, -0.1) is 0 Å². The minimum absolute atomic E-state index is 0.210. The minimum atomic E-state index is -0.449. The van der Waals surface area contributed by atoms with E-state index >= 15 is 0 Å². The number of ether oxygens (including phenoxy) is 2. The summed E-state index contributed by atoms with van der Waals surface area (Å²) in [5.74, 6) is -0.131. The van der Waals surface area contributed by atoms with Gasteiger partial charge in [-0.3, -0.25) is 4.79 Å². The van der Waals surface area contributed by atoms with Crippen molar-refractivity contribution in [2.24, 2.45) is 17.6 Å². The van der Waals surface area contributed by atoms with Crippen molar-refractivity contribution in [1.29, 1.82) is 0 Å². The molecule has 0 bridgehead atoms. The Morgan fingerprint density at radius 3 is 2.31 bits per heavy atom. The van der Waals surface area contributed by atoms with Crippen LogP contribution < -0.4 is 5.73 Å². The summed E-state index contributed by atoms with van der Waals surface area (Å²) in [6.45, 7) is 8.57. The van der Waals surface area contributed by atoms with E-state index in [-0.39, 0.29) is 11.9 Å². The standard InChI is InChI=1S/C12H25NO3/c1-9(8-15-5)6-10(7-13)11(14)16-12(2,3)4/h9-10H,6-8,13H2,1-5H3. The molecule has 0 aromatic rings. The molecule has 0 radical (unpaired) electrons. The van der Waals surface area contributed by atoms with E-state index in [1.807, 2.05) is 27.7 Å². The molecule has 0 spiro atoms. The summed E-state index contributed by atoms with van der Waals surface area (Å²) >= 11 is 0. The van der Waals surface area contributed by atoms with Gasteiger partial charge in [0.15, 0.2) is 0 Å². The topological polar surface area (TPSA) is 61.5 Å². The molecule has 16 heavy (non-hydrogen) atoms. The van der Waals surface area contributed by atoms with Gasteiger partial charge in [-0.25, -0.2) is 0 Å². The number of carbonyl (C=O) groups excluding carboxylic acids is 1. The SMILES string of the molecule is COCC(C)CC(CN)C(=O)OC(C)(C)C. The molecule has 2 N–H and O–H groups in total. The zero-order valence-corrected chi connectivity index (χ0v) is 11.1. The second kappa shape index (κ2) is 6.86. The maximum atomic E-state index is 11.8. The molecule has 0 aliphatic carbocycles. The number of hydrogen-bond donors (Lipinski definition) is 1. The quantitative estimate of drug-likeness (QED) is 0.705. The lowest BCUT2D eigenvalue weighted by atomic mass is 9.96. The molecule has 4 nitrogen and oxygen atoms in total. The second-order valence-electron chi connectivity index (χ2n) is 5.26. The molecular formula is C12H25NO3. The molecule has 4 heteroatoms. The monoisotopic (exact) mass is 231 g/mol. The Bertz CT molecular complexity index is 211. The first kappa shape index (κ1) is 15.4. The fourth-order valence-corrected chi connectivity index (χ4v) is 1.51. The molecule has 0 aliphatic rings. The zero-order chi connectivity index (χ0) is 12.8. The summed E-state index contributed by atoms with van der Waals surface area (Å²) in [7, 11) is 1.65. The molecule has 0 amide bonds. The van der Waals surface area contributed by atoms with Crippen LogP contribution in [-0.2, 0) is 14.3 Å². The molecule has 0 heterocycles. The van der Waals surface area contributed by atoms with Crippen LogP contribution in [-0.4, -0.2) is 31.8 Å². The molecule has 0 aromatic carbocycles.